The summed E-state index contributed by atoms with van der Waals surface area (Å²) in [5.74, 6) is 1.85. The molecule has 0 aliphatic rings. The van der Waals surface area contributed by atoms with Crippen LogP contribution in [0.15, 0.2) is 45.3 Å². The summed E-state index contributed by atoms with van der Waals surface area (Å²) in [6.07, 6.45) is 0. The Hall–Kier alpha value is -1.10. The van der Waals surface area contributed by atoms with Crippen LogP contribution in [0.3, 0.4) is 0 Å². The minimum Gasteiger partial charge on any atom is -0.465 e. The molecule has 0 saturated carbocycles. The molecule has 0 aliphatic heterocycles. The Morgan fingerprint density at radius 3 is 2.68 bits per heavy atom. The molecule has 0 saturated heterocycles. The number of furan rings is 1. The predicted molar refractivity (Wildman–Crippen MR) is 80.8 cm³/mol. The standard InChI is InChI=1S/C15H19BrN2O/c1-11-6-7-15(19-11)14(9-17)18(2)10-12-4-3-5-13(16)8-12/h3-8,14H,9-10,17H2,1-2H3. The van der Waals surface area contributed by atoms with Crippen LogP contribution in [0.5, 0.6) is 0 Å². The molecule has 4 heteroatoms. The lowest BCUT2D eigenvalue weighted by atomic mass is 10.1. The van der Waals surface area contributed by atoms with Gasteiger partial charge in [0.05, 0.1) is 6.04 Å². The highest BCUT2D eigenvalue weighted by atomic mass is 79.9. The Morgan fingerprint density at radius 1 is 1.32 bits per heavy atom. The maximum Gasteiger partial charge on any atom is 0.122 e. The summed E-state index contributed by atoms with van der Waals surface area (Å²) in [6.45, 7) is 3.32. The van der Waals surface area contributed by atoms with Crippen LogP contribution < -0.4 is 5.73 Å². The molecule has 0 aliphatic carbocycles. The van der Waals surface area contributed by atoms with Crippen molar-refractivity contribution in [1.82, 2.24) is 4.90 Å². The van der Waals surface area contributed by atoms with Crippen LogP contribution in [0.2, 0.25) is 0 Å². The van der Waals surface area contributed by atoms with Gasteiger partial charge in [0.15, 0.2) is 0 Å². The Labute approximate surface area is 122 Å². The molecule has 2 aromatic rings. The first kappa shape index (κ1) is 14.3. The van der Waals surface area contributed by atoms with Gasteiger partial charge in [0.2, 0.25) is 0 Å². The molecule has 0 radical (unpaired) electrons. The van der Waals surface area contributed by atoms with Gasteiger partial charge in [-0.2, -0.15) is 0 Å². The first-order valence-corrected chi connectivity index (χ1v) is 7.10. The number of rotatable bonds is 5. The number of aryl methyl sites for hydroxylation is 1. The Bertz CT molecular complexity index is 538. The van der Waals surface area contributed by atoms with Gasteiger partial charge in [-0.15, -0.1) is 0 Å². The molecule has 0 fully saturated rings. The molecule has 0 spiro atoms. The fraction of sp³-hybridized carbons (Fsp3) is 0.333. The highest BCUT2D eigenvalue weighted by Crippen LogP contribution is 2.23. The average molecular weight is 323 g/mol. The molecule has 19 heavy (non-hydrogen) atoms. The number of likely N-dealkylation sites (N-methyl/N-ethyl adjacent to an activating group) is 1. The van der Waals surface area contributed by atoms with E-state index in [9.17, 15) is 0 Å². The monoisotopic (exact) mass is 322 g/mol. The summed E-state index contributed by atoms with van der Waals surface area (Å²) in [6, 6.07) is 12.4. The Morgan fingerprint density at radius 2 is 2.11 bits per heavy atom. The number of benzene rings is 1. The zero-order valence-corrected chi connectivity index (χ0v) is 12.9. The minimum absolute atomic E-state index is 0.104. The van der Waals surface area contributed by atoms with Crippen molar-refractivity contribution >= 4 is 15.9 Å². The van der Waals surface area contributed by atoms with E-state index < -0.39 is 0 Å². The maximum absolute atomic E-state index is 5.89. The van der Waals surface area contributed by atoms with Gasteiger partial charge in [-0.25, -0.2) is 0 Å². The highest BCUT2D eigenvalue weighted by Gasteiger charge is 2.18. The van der Waals surface area contributed by atoms with Crippen molar-refractivity contribution in [1.29, 1.82) is 0 Å². The van der Waals surface area contributed by atoms with E-state index in [2.05, 4.69) is 40.0 Å². The van der Waals surface area contributed by atoms with Crippen molar-refractivity contribution in [3.05, 3.63) is 58.0 Å². The lowest BCUT2D eigenvalue weighted by Crippen LogP contribution is -2.29. The van der Waals surface area contributed by atoms with Crippen LogP contribution in [0.25, 0.3) is 0 Å². The fourth-order valence-corrected chi connectivity index (χ4v) is 2.63. The maximum atomic E-state index is 5.89. The van der Waals surface area contributed by atoms with E-state index in [1.54, 1.807) is 0 Å². The first-order valence-electron chi connectivity index (χ1n) is 6.31. The van der Waals surface area contributed by atoms with E-state index in [1.165, 1.54) is 5.56 Å². The quantitative estimate of drug-likeness (QED) is 0.916. The predicted octanol–water partition coefficient (Wildman–Crippen LogP) is 3.48. The highest BCUT2D eigenvalue weighted by molar-refractivity contribution is 9.10. The lowest BCUT2D eigenvalue weighted by Gasteiger charge is -2.25. The molecule has 1 aromatic heterocycles. The molecule has 3 nitrogen and oxygen atoms in total. The largest absolute Gasteiger partial charge is 0.465 e. The van der Waals surface area contributed by atoms with Crippen LogP contribution >= 0.6 is 15.9 Å². The van der Waals surface area contributed by atoms with Crippen molar-refractivity contribution in [2.75, 3.05) is 13.6 Å². The molecule has 0 bridgehead atoms. The summed E-state index contributed by atoms with van der Waals surface area (Å²) in [4.78, 5) is 2.21. The molecule has 1 unspecified atom stereocenters. The van der Waals surface area contributed by atoms with Crippen molar-refractivity contribution < 1.29 is 4.42 Å². The summed E-state index contributed by atoms with van der Waals surface area (Å²) in [7, 11) is 2.07. The third-order valence-electron chi connectivity index (χ3n) is 3.17. The molecule has 1 atom stereocenters. The molecule has 2 N–H and O–H groups in total. The minimum atomic E-state index is 0.104. The summed E-state index contributed by atoms with van der Waals surface area (Å²) in [5, 5.41) is 0. The number of nitrogens with two attached hydrogens (primary N) is 1. The third-order valence-corrected chi connectivity index (χ3v) is 3.66. The lowest BCUT2D eigenvalue weighted by molar-refractivity contribution is 0.211. The second kappa shape index (κ2) is 6.37. The topological polar surface area (TPSA) is 42.4 Å². The van der Waals surface area contributed by atoms with Gasteiger partial charge < -0.3 is 10.2 Å². The summed E-state index contributed by atoms with van der Waals surface area (Å²) >= 11 is 3.49. The molecular weight excluding hydrogens is 304 g/mol. The van der Waals surface area contributed by atoms with E-state index in [0.717, 1.165) is 22.5 Å². The van der Waals surface area contributed by atoms with Crippen LogP contribution in [-0.2, 0) is 6.54 Å². The van der Waals surface area contributed by atoms with Gasteiger partial charge in [-0.05, 0) is 43.8 Å². The number of nitrogens with zero attached hydrogens (tertiary/aromatic N) is 1. The van der Waals surface area contributed by atoms with E-state index in [-0.39, 0.29) is 6.04 Å². The van der Waals surface area contributed by atoms with Gasteiger partial charge in [-0.1, -0.05) is 28.1 Å². The van der Waals surface area contributed by atoms with E-state index in [4.69, 9.17) is 10.2 Å². The SMILES string of the molecule is Cc1ccc(C(CN)N(C)Cc2cccc(Br)c2)o1. The second-order valence-corrected chi connectivity index (χ2v) is 5.66. The van der Waals surface area contributed by atoms with E-state index in [1.807, 2.05) is 31.2 Å². The van der Waals surface area contributed by atoms with E-state index >= 15 is 0 Å². The summed E-state index contributed by atoms with van der Waals surface area (Å²) < 4.78 is 6.78. The molecular formula is C15H19BrN2O. The van der Waals surface area contributed by atoms with Crippen LogP contribution in [-0.4, -0.2) is 18.5 Å². The van der Waals surface area contributed by atoms with Crippen LogP contribution in [0.1, 0.15) is 23.1 Å². The molecule has 1 heterocycles. The van der Waals surface area contributed by atoms with Gasteiger partial charge in [0.1, 0.15) is 11.5 Å². The van der Waals surface area contributed by atoms with Crippen LogP contribution in [0.4, 0.5) is 0 Å². The number of halogens is 1. The van der Waals surface area contributed by atoms with E-state index in [0.29, 0.717) is 6.54 Å². The zero-order chi connectivity index (χ0) is 13.8. The second-order valence-electron chi connectivity index (χ2n) is 4.74. The number of hydrogen-bond donors (Lipinski definition) is 1. The third kappa shape index (κ3) is 3.69. The van der Waals surface area contributed by atoms with Gasteiger partial charge in [0.25, 0.3) is 0 Å². The Balaban J connectivity index is 2.11. The van der Waals surface area contributed by atoms with Crippen molar-refractivity contribution in [2.45, 2.75) is 19.5 Å². The van der Waals surface area contributed by atoms with Gasteiger partial charge in [0, 0.05) is 17.6 Å². The molecule has 0 amide bonds. The van der Waals surface area contributed by atoms with Crippen LogP contribution in [0, 0.1) is 6.92 Å². The Kier molecular flexibility index (Phi) is 4.80. The number of hydrogen-bond acceptors (Lipinski definition) is 3. The summed E-state index contributed by atoms with van der Waals surface area (Å²) in [5.41, 5.74) is 7.14. The average Bonchev–Trinajstić information content (AvgIpc) is 2.76. The first-order chi connectivity index (χ1) is 9.10. The molecule has 2 rings (SSSR count). The fourth-order valence-electron chi connectivity index (χ4n) is 2.18. The normalized spacial score (nSPS) is 12.9. The van der Waals surface area contributed by atoms with Gasteiger partial charge >= 0.3 is 0 Å². The molecule has 1 aromatic carbocycles. The molecule has 102 valence electrons. The zero-order valence-electron chi connectivity index (χ0n) is 11.3. The smallest absolute Gasteiger partial charge is 0.122 e. The van der Waals surface area contributed by atoms with Crippen molar-refractivity contribution in [2.24, 2.45) is 5.73 Å². The van der Waals surface area contributed by atoms with Crippen molar-refractivity contribution in [3.63, 3.8) is 0 Å². The van der Waals surface area contributed by atoms with Gasteiger partial charge in [-0.3, -0.25) is 4.90 Å². The van der Waals surface area contributed by atoms with Crippen molar-refractivity contribution in [3.8, 4) is 0 Å².